The zero-order valence-corrected chi connectivity index (χ0v) is 19.3. The summed E-state index contributed by atoms with van der Waals surface area (Å²) in [5.74, 6) is -1.48. The number of aromatic amines is 1. The van der Waals surface area contributed by atoms with Crippen LogP contribution in [0, 0.1) is 0 Å². The van der Waals surface area contributed by atoms with Gasteiger partial charge in [-0.25, -0.2) is 4.79 Å². The molecule has 8 nitrogen and oxygen atoms in total. The fourth-order valence-corrected chi connectivity index (χ4v) is 5.40. The maximum absolute atomic E-state index is 13.7. The number of hydrogen-bond acceptors (Lipinski definition) is 5. The van der Waals surface area contributed by atoms with Crippen molar-refractivity contribution in [2.24, 2.45) is 5.73 Å². The molecule has 0 saturated carbocycles. The van der Waals surface area contributed by atoms with Gasteiger partial charge < -0.3 is 20.4 Å². The number of primary amides is 1. The molecule has 3 N–H and O–H groups in total. The zero-order valence-electron chi connectivity index (χ0n) is 19.3. The van der Waals surface area contributed by atoms with Crippen molar-refractivity contribution < 1.29 is 19.1 Å². The van der Waals surface area contributed by atoms with Crippen LogP contribution < -0.4 is 5.73 Å². The lowest BCUT2D eigenvalue weighted by Crippen LogP contribution is -2.57. The van der Waals surface area contributed by atoms with Crippen molar-refractivity contribution >= 4 is 28.7 Å². The van der Waals surface area contributed by atoms with Gasteiger partial charge in [0.15, 0.2) is 0 Å². The topological polar surface area (TPSA) is 109 Å². The molecule has 1 aromatic heterocycles. The van der Waals surface area contributed by atoms with Crippen LogP contribution in [-0.4, -0.2) is 50.3 Å². The predicted molar refractivity (Wildman–Crippen MR) is 126 cm³/mol. The summed E-state index contributed by atoms with van der Waals surface area (Å²) < 4.78 is 5.54. The summed E-state index contributed by atoms with van der Waals surface area (Å²) >= 11 is 0. The van der Waals surface area contributed by atoms with E-state index in [9.17, 15) is 14.4 Å². The van der Waals surface area contributed by atoms with Crippen molar-refractivity contribution in [3.63, 3.8) is 0 Å². The van der Waals surface area contributed by atoms with E-state index >= 15 is 0 Å². The summed E-state index contributed by atoms with van der Waals surface area (Å²) in [5, 5.41) is 1.11. The van der Waals surface area contributed by atoms with Crippen molar-refractivity contribution in [2.75, 3.05) is 0 Å². The number of nitrogens with two attached hydrogens (primary N) is 1. The molecule has 34 heavy (non-hydrogen) atoms. The average molecular weight is 461 g/mol. The number of benzene rings is 2. The molecule has 3 heterocycles. The van der Waals surface area contributed by atoms with Gasteiger partial charge in [0.25, 0.3) is 0 Å². The Hall–Kier alpha value is -3.65. The number of ether oxygens (including phenoxy) is 1. The number of amides is 2. The number of carbonyl (C=O) groups is 3. The molecule has 0 bridgehead atoms. The highest BCUT2D eigenvalue weighted by Gasteiger charge is 2.57. The van der Waals surface area contributed by atoms with Crippen molar-refractivity contribution in [1.29, 1.82) is 0 Å². The van der Waals surface area contributed by atoms with Crippen LogP contribution in [0.4, 0.5) is 0 Å². The number of hydrogen-bond donors (Lipinski definition) is 2. The summed E-state index contributed by atoms with van der Waals surface area (Å²) in [5.41, 5.74) is 8.75. The van der Waals surface area contributed by atoms with Gasteiger partial charge in [-0.05, 0) is 37.5 Å². The molecule has 2 atom stereocenters. The average Bonchev–Trinajstić information content (AvgIpc) is 3.27. The molecule has 2 amide bonds. The smallest absolute Gasteiger partial charge is 0.329 e. The fourth-order valence-electron chi connectivity index (χ4n) is 5.40. The summed E-state index contributed by atoms with van der Waals surface area (Å²) in [6.07, 6.45) is 0.234. The first-order valence-corrected chi connectivity index (χ1v) is 11.4. The lowest BCUT2D eigenvalue weighted by Gasteiger charge is -2.42. The first-order chi connectivity index (χ1) is 16.3. The summed E-state index contributed by atoms with van der Waals surface area (Å²) in [7, 11) is 0. The number of H-pyrrole nitrogens is 1. The van der Waals surface area contributed by atoms with Crippen LogP contribution >= 0.6 is 0 Å². The van der Waals surface area contributed by atoms with Gasteiger partial charge in [-0.3, -0.25) is 14.5 Å². The number of carbonyl (C=O) groups excluding carboxylic acids is 3. The third kappa shape index (κ3) is 3.64. The molecule has 0 radical (unpaired) electrons. The number of para-hydroxylation sites is 1. The van der Waals surface area contributed by atoms with E-state index in [4.69, 9.17) is 10.5 Å². The lowest BCUT2D eigenvalue weighted by atomic mass is 9.96. The molecule has 8 heteroatoms. The van der Waals surface area contributed by atoms with Crippen LogP contribution in [0.1, 0.15) is 37.1 Å². The number of aromatic nitrogens is 1. The van der Waals surface area contributed by atoms with Gasteiger partial charge in [0, 0.05) is 23.1 Å². The third-order valence-corrected chi connectivity index (χ3v) is 7.02. The highest BCUT2D eigenvalue weighted by Crippen LogP contribution is 2.42. The summed E-state index contributed by atoms with van der Waals surface area (Å²) in [6, 6.07) is 15.8. The predicted octanol–water partition coefficient (Wildman–Crippen LogP) is 2.46. The minimum atomic E-state index is -1.09. The van der Waals surface area contributed by atoms with E-state index in [1.165, 1.54) is 4.90 Å². The van der Waals surface area contributed by atoms with Gasteiger partial charge in [0.2, 0.25) is 11.8 Å². The fraction of sp³-hybridized carbons (Fsp3) is 0.346. The first-order valence-electron chi connectivity index (χ1n) is 11.4. The van der Waals surface area contributed by atoms with E-state index < -0.39 is 29.6 Å². The van der Waals surface area contributed by atoms with Gasteiger partial charge in [-0.2, -0.15) is 0 Å². The molecule has 0 unspecified atom stereocenters. The van der Waals surface area contributed by atoms with Gasteiger partial charge in [-0.1, -0.05) is 48.5 Å². The minimum Gasteiger partial charge on any atom is -0.459 e. The monoisotopic (exact) mass is 460 g/mol. The Morgan fingerprint density at radius 1 is 1.15 bits per heavy atom. The van der Waals surface area contributed by atoms with Crippen LogP contribution in [0.2, 0.25) is 0 Å². The SMILES string of the molecule is CC1(C)N2Cc3[nH]c4ccccc4c3C[C@H]2C(=O)N1[C@@H](CC(N)=O)C(=O)OCc1ccccc1. The second kappa shape index (κ2) is 8.29. The Morgan fingerprint density at radius 3 is 2.59 bits per heavy atom. The van der Waals surface area contributed by atoms with Gasteiger partial charge >= 0.3 is 5.97 Å². The zero-order chi connectivity index (χ0) is 24.0. The highest BCUT2D eigenvalue weighted by molar-refractivity contribution is 5.94. The second-order valence-corrected chi connectivity index (χ2v) is 9.46. The molecular weight excluding hydrogens is 432 g/mol. The molecule has 5 rings (SSSR count). The second-order valence-electron chi connectivity index (χ2n) is 9.46. The Kier molecular flexibility index (Phi) is 5.40. The lowest BCUT2D eigenvalue weighted by molar-refractivity contribution is -0.160. The molecule has 2 aliphatic heterocycles. The molecule has 2 aliphatic rings. The van der Waals surface area contributed by atoms with E-state index in [1.54, 1.807) is 0 Å². The normalized spacial score (nSPS) is 20.1. The van der Waals surface area contributed by atoms with Crippen LogP contribution in [0.5, 0.6) is 0 Å². The minimum absolute atomic E-state index is 0.0566. The molecule has 2 aromatic carbocycles. The number of esters is 1. The number of nitrogens with one attached hydrogen (secondary N) is 1. The van der Waals surface area contributed by atoms with Crippen molar-refractivity contribution in [3.05, 3.63) is 71.4 Å². The maximum atomic E-state index is 13.7. The number of fused-ring (bicyclic) bond motifs is 4. The van der Waals surface area contributed by atoms with Crippen molar-refractivity contribution in [2.45, 2.75) is 57.6 Å². The molecule has 1 fully saturated rings. The van der Waals surface area contributed by atoms with E-state index in [0.717, 1.165) is 27.7 Å². The maximum Gasteiger partial charge on any atom is 0.329 e. The third-order valence-electron chi connectivity index (χ3n) is 7.02. The van der Waals surface area contributed by atoms with Crippen molar-refractivity contribution in [1.82, 2.24) is 14.8 Å². The van der Waals surface area contributed by atoms with Crippen LogP contribution in [0.15, 0.2) is 54.6 Å². The highest BCUT2D eigenvalue weighted by atomic mass is 16.5. The Balaban J connectivity index is 1.44. The van der Waals surface area contributed by atoms with Crippen LogP contribution in [0.3, 0.4) is 0 Å². The molecule has 176 valence electrons. The largest absolute Gasteiger partial charge is 0.459 e. The Labute approximate surface area is 197 Å². The van der Waals surface area contributed by atoms with E-state index in [-0.39, 0.29) is 18.9 Å². The summed E-state index contributed by atoms with van der Waals surface area (Å²) in [4.78, 5) is 45.9. The summed E-state index contributed by atoms with van der Waals surface area (Å²) in [6.45, 7) is 4.39. The molecule has 0 spiro atoms. The van der Waals surface area contributed by atoms with E-state index in [2.05, 4.69) is 16.0 Å². The van der Waals surface area contributed by atoms with Crippen molar-refractivity contribution in [3.8, 4) is 0 Å². The van der Waals surface area contributed by atoms with Gasteiger partial charge in [0.1, 0.15) is 12.6 Å². The quantitative estimate of drug-likeness (QED) is 0.550. The van der Waals surface area contributed by atoms with E-state index in [1.807, 2.05) is 62.4 Å². The standard InChI is InChI=1S/C26H28N4O4/c1-26(2)29-14-20-18(17-10-6-7-11-19(17)28-20)12-21(29)24(32)30(26)22(13-23(27)31)25(33)34-15-16-8-4-3-5-9-16/h3-11,21-22,28H,12-15H2,1-2H3,(H2,27,31)/t21-,22-/m0/s1. The Bertz CT molecular complexity index is 1270. The molecule has 3 aromatic rings. The van der Waals surface area contributed by atoms with Gasteiger partial charge in [0.05, 0.1) is 18.1 Å². The molecule has 1 saturated heterocycles. The molecule has 0 aliphatic carbocycles. The van der Waals surface area contributed by atoms with Crippen LogP contribution in [-0.2, 0) is 38.7 Å². The molecular formula is C26H28N4O4. The number of nitrogens with zero attached hydrogens (tertiary/aromatic N) is 2. The van der Waals surface area contributed by atoms with E-state index in [0.29, 0.717) is 13.0 Å². The van der Waals surface area contributed by atoms with Crippen LogP contribution in [0.25, 0.3) is 10.9 Å². The number of rotatable bonds is 6. The first kappa shape index (κ1) is 22.2. The Morgan fingerprint density at radius 2 is 1.85 bits per heavy atom. The van der Waals surface area contributed by atoms with Gasteiger partial charge in [-0.15, -0.1) is 0 Å².